The van der Waals surface area contributed by atoms with Gasteiger partial charge in [-0.15, -0.1) is 0 Å². The van der Waals surface area contributed by atoms with E-state index in [1.54, 1.807) is 4.90 Å². The van der Waals surface area contributed by atoms with Crippen LogP contribution in [0.4, 0.5) is 17.2 Å². The van der Waals surface area contributed by atoms with Crippen LogP contribution in [-0.2, 0) is 16.1 Å². The molecule has 3 N–H and O–H groups in total. The van der Waals surface area contributed by atoms with E-state index in [9.17, 15) is 19.2 Å². The van der Waals surface area contributed by atoms with E-state index in [4.69, 9.17) is 5.73 Å². The van der Waals surface area contributed by atoms with E-state index in [0.717, 1.165) is 22.6 Å². The summed E-state index contributed by atoms with van der Waals surface area (Å²) in [7, 11) is 1.44. The van der Waals surface area contributed by atoms with Gasteiger partial charge in [0.25, 0.3) is 5.56 Å². The highest BCUT2D eigenvalue weighted by atomic mass is 16.2. The van der Waals surface area contributed by atoms with E-state index in [0.29, 0.717) is 13.0 Å². The van der Waals surface area contributed by atoms with Gasteiger partial charge >= 0.3 is 5.69 Å². The minimum atomic E-state index is -0.721. The number of nitrogens with one attached hydrogen (secondary N) is 1. The molecular weight excluding hydrogens is 386 g/mol. The summed E-state index contributed by atoms with van der Waals surface area (Å²) in [5.41, 5.74) is 6.51. The van der Waals surface area contributed by atoms with Crippen LogP contribution >= 0.6 is 0 Å². The van der Waals surface area contributed by atoms with Gasteiger partial charge in [-0.1, -0.05) is 31.0 Å². The molecule has 0 radical (unpaired) electrons. The molecule has 0 spiro atoms. The Morgan fingerprint density at radius 3 is 2.53 bits per heavy atom. The summed E-state index contributed by atoms with van der Waals surface area (Å²) >= 11 is 0. The summed E-state index contributed by atoms with van der Waals surface area (Å²) in [6.07, 6.45) is 1.59. The Morgan fingerprint density at radius 1 is 1.23 bits per heavy atom. The number of unbranched alkanes of at least 4 members (excludes halogenated alkanes) is 1. The summed E-state index contributed by atoms with van der Waals surface area (Å²) in [5.74, 6) is -1.21. The third-order valence-electron chi connectivity index (χ3n) is 5.44. The molecule has 160 valence electrons. The fourth-order valence-electron chi connectivity index (χ4n) is 3.67. The number of hydrogen-bond acceptors (Lipinski definition) is 5. The van der Waals surface area contributed by atoms with Crippen molar-refractivity contribution in [2.45, 2.75) is 39.7 Å². The lowest BCUT2D eigenvalue weighted by Gasteiger charge is -2.23. The van der Waals surface area contributed by atoms with Gasteiger partial charge in [-0.3, -0.25) is 23.9 Å². The Hall–Kier alpha value is -3.36. The summed E-state index contributed by atoms with van der Waals surface area (Å²) in [5, 5.41) is 0. The van der Waals surface area contributed by atoms with Crippen LogP contribution in [0, 0.1) is 12.8 Å². The van der Waals surface area contributed by atoms with Crippen molar-refractivity contribution < 1.29 is 9.59 Å². The number of aromatic nitrogens is 2. The maximum absolute atomic E-state index is 13.1. The molecule has 9 heteroatoms. The largest absolute Gasteiger partial charge is 0.383 e. The molecule has 9 nitrogen and oxygen atoms in total. The van der Waals surface area contributed by atoms with Gasteiger partial charge in [0.15, 0.2) is 5.69 Å². The van der Waals surface area contributed by atoms with E-state index in [1.807, 2.05) is 38.1 Å². The van der Waals surface area contributed by atoms with Crippen LogP contribution in [0.15, 0.2) is 33.9 Å². The number of nitrogens with two attached hydrogens (primary N) is 1. The number of H-pyrrole nitrogens is 1. The normalized spacial score (nSPS) is 16.2. The zero-order valence-electron chi connectivity index (χ0n) is 17.5. The Kier molecular flexibility index (Phi) is 6.09. The number of rotatable bonds is 6. The number of nitrogens with zero attached hydrogens (tertiary/aromatic N) is 3. The van der Waals surface area contributed by atoms with Crippen molar-refractivity contribution in [2.24, 2.45) is 5.92 Å². The first kappa shape index (κ1) is 21.4. The number of amides is 2. The molecule has 0 aliphatic carbocycles. The first-order valence-electron chi connectivity index (χ1n) is 10.0. The van der Waals surface area contributed by atoms with Gasteiger partial charge in [0.05, 0.1) is 5.92 Å². The first-order chi connectivity index (χ1) is 14.2. The van der Waals surface area contributed by atoms with Crippen molar-refractivity contribution in [1.29, 1.82) is 0 Å². The third-order valence-corrected chi connectivity index (χ3v) is 5.44. The highest BCUT2D eigenvalue weighted by Crippen LogP contribution is 2.28. The molecule has 1 atom stereocenters. The van der Waals surface area contributed by atoms with Gasteiger partial charge < -0.3 is 15.5 Å². The van der Waals surface area contributed by atoms with E-state index in [-0.39, 0.29) is 30.4 Å². The second-order valence-corrected chi connectivity index (χ2v) is 7.64. The standard InChI is InChI=1S/C21H27N5O4/c1-4-5-10-25-18(22)17(19(28)23-21(25)30)24(3)20(29)14-11-16(27)26(12-14)15-8-6-13(2)7-9-15/h6-9,14H,4-5,10-12,22H2,1-3H3,(H,23,28,30)/t14-/m1/s1. The number of nitrogen functional groups attached to an aromatic ring is 1. The molecule has 1 saturated heterocycles. The van der Waals surface area contributed by atoms with Crippen LogP contribution in [-0.4, -0.2) is 35.0 Å². The number of benzene rings is 1. The number of carbonyl (C=O) groups excluding carboxylic acids is 2. The second-order valence-electron chi connectivity index (χ2n) is 7.64. The van der Waals surface area contributed by atoms with E-state index < -0.39 is 23.1 Å². The molecule has 3 rings (SSSR count). The molecule has 1 aliphatic heterocycles. The van der Waals surface area contributed by atoms with Crippen LogP contribution in [0.25, 0.3) is 0 Å². The molecule has 30 heavy (non-hydrogen) atoms. The van der Waals surface area contributed by atoms with Crippen molar-refractivity contribution in [3.8, 4) is 0 Å². The van der Waals surface area contributed by atoms with E-state index in [1.165, 1.54) is 11.6 Å². The number of anilines is 3. The van der Waals surface area contributed by atoms with Gasteiger partial charge in [0, 0.05) is 32.2 Å². The lowest BCUT2D eigenvalue weighted by molar-refractivity contribution is -0.124. The van der Waals surface area contributed by atoms with E-state index >= 15 is 0 Å². The third kappa shape index (κ3) is 4.00. The first-order valence-corrected chi connectivity index (χ1v) is 10.0. The van der Waals surface area contributed by atoms with Crippen LogP contribution in [0.2, 0.25) is 0 Å². The molecule has 1 aromatic heterocycles. The molecular formula is C21H27N5O4. The summed E-state index contributed by atoms with van der Waals surface area (Å²) < 4.78 is 1.27. The van der Waals surface area contributed by atoms with Gasteiger partial charge in [0.1, 0.15) is 5.82 Å². The minimum Gasteiger partial charge on any atom is -0.383 e. The fourth-order valence-corrected chi connectivity index (χ4v) is 3.67. The van der Waals surface area contributed by atoms with E-state index in [2.05, 4.69) is 4.98 Å². The maximum atomic E-state index is 13.1. The predicted molar refractivity (Wildman–Crippen MR) is 116 cm³/mol. The van der Waals surface area contributed by atoms with Crippen molar-refractivity contribution in [3.63, 3.8) is 0 Å². The quantitative estimate of drug-likeness (QED) is 0.738. The summed E-state index contributed by atoms with van der Waals surface area (Å²) in [6.45, 7) is 4.49. The van der Waals surface area contributed by atoms with Gasteiger partial charge in [-0.05, 0) is 25.5 Å². The minimum absolute atomic E-state index is 0.0460. The molecule has 1 aromatic carbocycles. The Labute approximate surface area is 174 Å². The topological polar surface area (TPSA) is 121 Å². The van der Waals surface area contributed by atoms with Crippen LogP contribution in [0.5, 0.6) is 0 Å². The highest BCUT2D eigenvalue weighted by molar-refractivity contribution is 6.04. The Morgan fingerprint density at radius 2 is 1.90 bits per heavy atom. The monoisotopic (exact) mass is 413 g/mol. The number of aryl methyl sites for hydroxylation is 1. The summed E-state index contributed by atoms with van der Waals surface area (Å²) in [4.78, 5) is 55.1. The van der Waals surface area contributed by atoms with Crippen LogP contribution in [0.3, 0.4) is 0 Å². The molecule has 0 unspecified atom stereocenters. The average Bonchev–Trinajstić information content (AvgIpc) is 3.09. The molecule has 1 fully saturated rings. The zero-order chi connectivity index (χ0) is 22.0. The second kappa shape index (κ2) is 8.56. The summed E-state index contributed by atoms with van der Waals surface area (Å²) in [6, 6.07) is 7.50. The molecule has 1 aliphatic rings. The molecule has 2 amide bonds. The lowest BCUT2D eigenvalue weighted by Crippen LogP contribution is -2.42. The molecule has 2 aromatic rings. The van der Waals surface area contributed by atoms with Gasteiger partial charge in [0.2, 0.25) is 11.8 Å². The number of aromatic amines is 1. The van der Waals surface area contributed by atoms with Crippen molar-refractivity contribution in [1.82, 2.24) is 9.55 Å². The van der Waals surface area contributed by atoms with Crippen molar-refractivity contribution >= 4 is 29.0 Å². The SMILES string of the molecule is CCCCn1c(N)c(N(C)C(=O)[C@@H]2CC(=O)N(c3ccc(C)cc3)C2)c(=O)[nH]c1=O. The predicted octanol–water partition coefficient (Wildman–Crippen LogP) is 1.24. The van der Waals surface area contributed by atoms with Crippen LogP contribution in [0.1, 0.15) is 31.7 Å². The Balaban J connectivity index is 1.86. The van der Waals surface area contributed by atoms with Crippen molar-refractivity contribution in [2.75, 3.05) is 29.1 Å². The highest BCUT2D eigenvalue weighted by Gasteiger charge is 2.37. The Bertz CT molecular complexity index is 1070. The molecule has 0 saturated carbocycles. The van der Waals surface area contributed by atoms with Crippen LogP contribution < -0.4 is 26.8 Å². The number of hydrogen-bond donors (Lipinski definition) is 2. The fraction of sp³-hybridized carbons (Fsp3) is 0.429. The molecule has 0 bridgehead atoms. The lowest BCUT2D eigenvalue weighted by atomic mass is 10.1. The molecule has 2 heterocycles. The zero-order valence-corrected chi connectivity index (χ0v) is 17.5. The smallest absolute Gasteiger partial charge is 0.330 e. The van der Waals surface area contributed by atoms with Gasteiger partial charge in [-0.25, -0.2) is 4.79 Å². The van der Waals surface area contributed by atoms with Crippen molar-refractivity contribution in [3.05, 3.63) is 50.7 Å². The maximum Gasteiger partial charge on any atom is 0.330 e. The number of carbonyl (C=O) groups is 2. The van der Waals surface area contributed by atoms with Gasteiger partial charge in [-0.2, -0.15) is 0 Å². The average molecular weight is 413 g/mol.